The summed E-state index contributed by atoms with van der Waals surface area (Å²) in [5, 5.41) is 17.5. The molecular weight excluding hydrogens is 252 g/mol. The van der Waals surface area contributed by atoms with Crippen LogP contribution in [0.3, 0.4) is 0 Å². The summed E-state index contributed by atoms with van der Waals surface area (Å²) in [4.78, 5) is 9.89. The number of carboxylic acid groups (broad SMARTS) is 1. The van der Waals surface area contributed by atoms with Gasteiger partial charge in [0.25, 0.3) is 10.1 Å². The second-order valence-electron chi connectivity index (χ2n) is 2.46. The normalized spacial score (nSPS) is 10.5. The molecule has 0 aliphatic rings. The summed E-state index contributed by atoms with van der Waals surface area (Å²) in [6.45, 7) is 0. The minimum Gasteiger partial charge on any atom is -0.507 e. The van der Waals surface area contributed by atoms with Crippen LogP contribution in [0.25, 0.3) is 0 Å². The monoisotopic (exact) mass is 258 g/mol. The third kappa shape index (κ3) is 3.62. The summed E-state index contributed by atoms with van der Waals surface area (Å²) < 4.78 is 29.8. The summed E-state index contributed by atoms with van der Waals surface area (Å²) in [6.07, 6.45) is 0. The largest absolute Gasteiger partial charge is 0.507 e. The average Bonchev–Trinajstić information content (AvgIpc) is 2.02. The van der Waals surface area contributed by atoms with Gasteiger partial charge >= 0.3 is 5.97 Å². The van der Waals surface area contributed by atoms with Gasteiger partial charge in [0.2, 0.25) is 0 Å². The van der Waals surface area contributed by atoms with Crippen LogP contribution in [0.4, 0.5) is 0 Å². The molecule has 0 amide bonds. The Bertz CT molecular complexity index is 480. The van der Waals surface area contributed by atoms with Crippen molar-refractivity contribution in [2.45, 2.75) is 4.90 Å². The first-order chi connectivity index (χ1) is 6.32. The van der Waals surface area contributed by atoms with Crippen LogP contribution in [-0.4, -0.2) is 66.9 Å². The molecule has 0 saturated carbocycles. The molecule has 2 radical (unpaired) electrons. The minimum absolute atomic E-state index is 0. The first-order valence-corrected chi connectivity index (χ1v) is 4.80. The van der Waals surface area contributed by atoms with E-state index in [1.807, 2.05) is 0 Å². The molecule has 3 N–H and O–H groups in total. The van der Waals surface area contributed by atoms with E-state index in [-0.39, 0.29) is 37.7 Å². The fourth-order valence-corrected chi connectivity index (χ4v) is 1.35. The Labute approximate surface area is 115 Å². The van der Waals surface area contributed by atoms with Crippen molar-refractivity contribution in [2.24, 2.45) is 0 Å². The molecular formula is C7H6CaO6S. The summed E-state index contributed by atoms with van der Waals surface area (Å²) >= 11 is 0. The number of hydrogen-bond donors (Lipinski definition) is 3. The number of carbonyl (C=O) groups is 1. The molecule has 8 heteroatoms. The topological polar surface area (TPSA) is 112 Å². The Hall–Kier alpha value is -0.340. The van der Waals surface area contributed by atoms with Gasteiger partial charge in [-0.05, 0) is 18.2 Å². The predicted molar refractivity (Wildman–Crippen MR) is 50.6 cm³/mol. The van der Waals surface area contributed by atoms with Gasteiger partial charge < -0.3 is 10.2 Å². The van der Waals surface area contributed by atoms with Crippen molar-refractivity contribution in [1.29, 1.82) is 0 Å². The van der Waals surface area contributed by atoms with Gasteiger partial charge in [-0.3, -0.25) is 4.55 Å². The molecule has 0 heterocycles. The Morgan fingerprint density at radius 2 is 1.80 bits per heavy atom. The quantitative estimate of drug-likeness (QED) is 0.506. The van der Waals surface area contributed by atoms with Gasteiger partial charge in [-0.15, -0.1) is 0 Å². The molecule has 1 aromatic carbocycles. The number of aromatic carboxylic acids is 1. The smallest absolute Gasteiger partial charge is 0.339 e. The van der Waals surface area contributed by atoms with E-state index in [1.165, 1.54) is 0 Å². The Balaban J connectivity index is 0.00000196. The van der Waals surface area contributed by atoms with Crippen molar-refractivity contribution >= 4 is 53.8 Å². The first-order valence-electron chi connectivity index (χ1n) is 3.36. The van der Waals surface area contributed by atoms with Crippen molar-refractivity contribution < 1.29 is 28.0 Å². The van der Waals surface area contributed by atoms with Gasteiger partial charge in [-0.1, -0.05) is 0 Å². The molecule has 0 spiro atoms. The Morgan fingerprint density at radius 3 is 2.20 bits per heavy atom. The van der Waals surface area contributed by atoms with E-state index in [4.69, 9.17) is 14.8 Å². The van der Waals surface area contributed by atoms with Crippen molar-refractivity contribution in [3.8, 4) is 5.75 Å². The third-order valence-corrected chi connectivity index (χ3v) is 2.35. The summed E-state index contributed by atoms with van der Waals surface area (Å²) in [7, 11) is -4.45. The van der Waals surface area contributed by atoms with Crippen LogP contribution in [0.5, 0.6) is 5.75 Å². The molecule has 0 unspecified atom stereocenters. The number of carboxylic acids is 1. The van der Waals surface area contributed by atoms with Crippen molar-refractivity contribution in [1.82, 2.24) is 0 Å². The number of rotatable bonds is 2. The van der Waals surface area contributed by atoms with Crippen LogP contribution in [0.2, 0.25) is 0 Å². The van der Waals surface area contributed by atoms with Gasteiger partial charge in [0.05, 0.1) is 4.90 Å². The zero-order valence-corrected chi connectivity index (χ0v) is 10.4. The minimum atomic E-state index is -4.45. The molecule has 0 bridgehead atoms. The summed E-state index contributed by atoms with van der Waals surface area (Å²) in [5.41, 5.74) is -0.583. The molecule has 0 saturated heterocycles. The first kappa shape index (κ1) is 14.7. The van der Waals surface area contributed by atoms with Gasteiger partial charge in [0, 0.05) is 37.7 Å². The second kappa shape index (κ2) is 5.13. The van der Waals surface area contributed by atoms with Crippen LogP contribution in [0.1, 0.15) is 10.4 Å². The van der Waals surface area contributed by atoms with E-state index in [0.717, 1.165) is 12.1 Å². The molecule has 1 rings (SSSR count). The predicted octanol–water partition coefficient (Wildman–Crippen LogP) is -0.0437. The van der Waals surface area contributed by atoms with Crippen LogP contribution in [0.15, 0.2) is 23.1 Å². The Morgan fingerprint density at radius 1 is 1.27 bits per heavy atom. The molecule has 6 nitrogen and oxygen atoms in total. The molecule has 1 aromatic rings. The molecule has 0 fully saturated rings. The molecule has 0 aromatic heterocycles. The zero-order chi connectivity index (χ0) is 10.9. The molecule has 78 valence electrons. The van der Waals surface area contributed by atoms with Gasteiger partial charge in [0.15, 0.2) is 0 Å². The fraction of sp³-hybridized carbons (Fsp3) is 0. The maximum Gasteiger partial charge on any atom is 0.339 e. The zero-order valence-electron chi connectivity index (χ0n) is 7.41. The van der Waals surface area contributed by atoms with E-state index in [2.05, 4.69) is 0 Å². The summed E-state index contributed by atoms with van der Waals surface area (Å²) in [6, 6.07) is 2.46. The molecule has 15 heavy (non-hydrogen) atoms. The van der Waals surface area contributed by atoms with Crippen molar-refractivity contribution in [2.75, 3.05) is 0 Å². The van der Waals surface area contributed by atoms with Crippen LogP contribution < -0.4 is 0 Å². The van der Waals surface area contributed by atoms with Crippen LogP contribution in [-0.2, 0) is 10.1 Å². The van der Waals surface area contributed by atoms with Gasteiger partial charge in [-0.2, -0.15) is 8.42 Å². The van der Waals surface area contributed by atoms with Crippen LogP contribution >= 0.6 is 0 Å². The standard InChI is InChI=1S/C7H6O6S.Ca/c8-6-2-1-4(14(11,12)13)3-5(6)7(9)10;/h1-3,8H,(H,9,10)(H,11,12,13);. The number of phenols is 1. The van der Waals surface area contributed by atoms with Gasteiger partial charge in [0.1, 0.15) is 11.3 Å². The maximum absolute atomic E-state index is 10.6. The van der Waals surface area contributed by atoms with E-state index in [0.29, 0.717) is 6.07 Å². The number of benzene rings is 1. The number of hydrogen-bond acceptors (Lipinski definition) is 4. The Kier molecular flexibility index (Phi) is 5.01. The van der Waals surface area contributed by atoms with E-state index in [1.54, 1.807) is 0 Å². The SMILES string of the molecule is O=C(O)c1cc(S(=O)(=O)O)ccc1O.[Ca]. The van der Waals surface area contributed by atoms with Crippen LogP contribution in [0, 0.1) is 0 Å². The molecule has 0 atom stereocenters. The second-order valence-corrected chi connectivity index (χ2v) is 3.88. The third-order valence-electron chi connectivity index (χ3n) is 1.50. The van der Waals surface area contributed by atoms with E-state index < -0.39 is 32.3 Å². The van der Waals surface area contributed by atoms with E-state index in [9.17, 15) is 13.2 Å². The van der Waals surface area contributed by atoms with Gasteiger partial charge in [-0.25, -0.2) is 4.79 Å². The fourth-order valence-electron chi connectivity index (χ4n) is 0.847. The van der Waals surface area contributed by atoms with Crippen molar-refractivity contribution in [3.63, 3.8) is 0 Å². The van der Waals surface area contributed by atoms with Crippen molar-refractivity contribution in [3.05, 3.63) is 23.8 Å². The van der Waals surface area contributed by atoms with E-state index >= 15 is 0 Å². The summed E-state index contributed by atoms with van der Waals surface area (Å²) in [5.74, 6) is -2.04. The maximum atomic E-state index is 10.6. The number of aromatic hydroxyl groups is 1. The molecule has 0 aliphatic carbocycles. The average molecular weight is 258 g/mol. The molecule has 0 aliphatic heterocycles.